The van der Waals surface area contributed by atoms with Gasteiger partial charge in [-0.2, -0.15) is 0 Å². The Hall–Kier alpha value is -0.190. The van der Waals surface area contributed by atoms with Gasteiger partial charge in [-0.15, -0.1) is 0 Å². The maximum Gasteiger partial charge on any atom is 0.0830 e. The summed E-state index contributed by atoms with van der Waals surface area (Å²) in [6.45, 7) is 1.85. The van der Waals surface area contributed by atoms with Crippen LogP contribution in [-0.2, 0) is 0 Å². The molecule has 0 aliphatic heterocycles. The van der Waals surface area contributed by atoms with Crippen molar-refractivity contribution in [1.29, 1.82) is 5.41 Å². The third-order valence-corrected chi connectivity index (χ3v) is 0.943. The van der Waals surface area contributed by atoms with Crippen LogP contribution in [0.15, 0.2) is 14.9 Å². The van der Waals surface area contributed by atoms with E-state index in [4.69, 9.17) is 5.41 Å². The molecule has 0 aromatic rings. The van der Waals surface area contributed by atoms with E-state index in [2.05, 4.69) is 3.21 Å². The van der Waals surface area contributed by atoms with E-state index < -0.39 is 0 Å². The van der Waals surface area contributed by atoms with E-state index in [0.717, 1.165) is 5.57 Å². The molecular formula is C5H7IN2. The fourth-order valence-corrected chi connectivity index (χ4v) is 0.355. The van der Waals surface area contributed by atoms with Gasteiger partial charge >= 0.3 is 0 Å². The molecule has 0 atom stereocenters. The van der Waals surface area contributed by atoms with Crippen LogP contribution >= 0.6 is 22.9 Å². The average Bonchev–Trinajstić information content (AvgIpc) is 1.83. The van der Waals surface area contributed by atoms with Gasteiger partial charge in [-0.1, -0.05) is 0 Å². The third kappa shape index (κ3) is 3.98. The van der Waals surface area contributed by atoms with Crippen LogP contribution in [-0.4, -0.2) is 12.4 Å². The van der Waals surface area contributed by atoms with Gasteiger partial charge in [-0.25, -0.2) is 3.21 Å². The van der Waals surface area contributed by atoms with Gasteiger partial charge in [0.25, 0.3) is 0 Å². The maximum atomic E-state index is 6.73. The molecule has 0 spiro atoms. The Kier molecular flexibility index (Phi) is 4.84. The maximum absolute atomic E-state index is 6.73. The molecule has 2 nitrogen and oxygen atoms in total. The lowest BCUT2D eigenvalue weighted by Gasteiger charge is -1.79. The van der Waals surface area contributed by atoms with E-state index in [1.54, 1.807) is 12.3 Å². The zero-order valence-electron chi connectivity index (χ0n) is 4.56. The molecular weight excluding hydrogens is 215 g/mol. The number of nitrogens with one attached hydrogen (secondary N) is 1. The van der Waals surface area contributed by atoms with Crippen molar-refractivity contribution >= 4 is 35.3 Å². The largest absolute Gasteiger partial charge is 0.308 e. The fourth-order valence-electron chi connectivity index (χ4n) is 0.194. The Morgan fingerprint density at radius 2 is 2.38 bits per heavy atom. The van der Waals surface area contributed by atoms with Gasteiger partial charge in [-0.05, 0) is 18.6 Å². The van der Waals surface area contributed by atoms with Gasteiger partial charge in [-0.3, -0.25) is 0 Å². The molecule has 1 N–H and O–H groups in total. The van der Waals surface area contributed by atoms with Crippen molar-refractivity contribution in [2.75, 3.05) is 0 Å². The van der Waals surface area contributed by atoms with E-state index in [9.17, 15) is 0 Å². The summed E-state index contributed by atoms with van der Waals surface area (Å²) in [5, 5.41) is 6.73. The first-order chi connectivity index (χ1) is 3.81. The summed E-state index contributed by atoms with van der Waals surface area (Å²) in [4.78, 5) is 0. The van der Waals surface area contributed by atoms with Crippen LogP contribution in [0.1, 0.15) is 6.92 Å². The molecule has 0 aliphatic carbocycles. The predicted octanol–water partition coefficient (Wildman–Crippen LogP) is 2.00. The zero-order valence-corrected chi connectivity index (χ0v) is 6.71. The molecule has 0 saturated heterocycles. The Balaban J connectivity index is 3.74. The Morgan fingerprint density at radius 3 is 2.75 bits per heavy atom. The summed E-state index contributed by atoms with van der Waals surface area (Å²) in [5.41, 5.74) is 0.908. The van der Waals surface area contributed by atoms with Gasteiger partial charge in [0.05, 0.1) is 22.9 Å². The quantitative estimate of drug-likeness (QED) is 0.548. The summed E-state index contributed by atoms with van der Waals surface area (Å²) in [5.74, 6) is 0. The lowest BCUT2D eigenvalue weighted by atomic mass is 10.3. The Bertz CT molecular complexity index is 126. The molecule has 0 fully saturated rings. The summed E-state index contributed by atoms with van der Waals surface area (Å²) in [6, 6.07) is 0. The highest BCUT2D eigenvalue weighted by Gasteiger charge is 1.73. The first-order valence-corrected chi connectivity index (χ1v) is 3.09. The lowest BCUT2D eigenvalue weighted by Crippen LogP contribution is -1.73. The van der Waals surface area contributed by atoms with Crippen molar-refractivity contribution < 1.29 is 0 Å². The van der Waals surface area contributed by atoms with Crippen LogP contribution in [0.5, 0.6) is 0 Å². The van der Waals surface area contributed by atoms with Crippen molar-refractivity contribution in [1.82, 2.24) is 0 Å². The molecule has 0 aromatic heterocycles. The highest BCUT2D eigenvalue weighted by Crippen LogP contribution is 1.84. The van der Waals surface area contributed by atoms with Crippen LogP contribution in [0.25, 0.3) is 0 Å². The van der Waals surface area contributed by atoms with Gasteiger partial charge in [0.2, 0.25) is 0 Å². The minimum atomic E-state index is 0.908. The molecule has 0 bridgehead atoms. The van der Waals surface area contributed by atoms with Crippen molar-refractivity contribution in [3.63, 3.8) is 0 Å². The normalized spacial score (nSPS) is 12.5. The second kappa shape index (κ2) is 4.96. The highest BCUT2D eigenvalue weighted by atomic mass is 127. The first kappa shape index (κ1) is 7.81. The van der Waals surface area contributed by atoms with E-state index >= 15 is 0 Å². The molecule has 0 aliphatic rings. The van der Waals surface area contributed by atoms with Crippen LogP contribution in [0, 0.1) is 5.41 Å². The van der Waals surface area contributed by atoms with E-state index in [0.29, 0.717) is 0 Å². The van der Waals surface area contributed by atoms with Crippen molar-refractivity contribution in [2.45, 2.75) is 6.92 Å². The van der Waals surface area contributed by atoms with Gasteiger partial charge in [0, 0.05) is 12.4 Å². The third-order valence-electron chi connectivity index (χ3n) is 0.621. The summed E-state index contributed by atoms with van der Waals surface area (Å²) >= 11 is 1.89. The van der Waals surface area contributed by atoms with Crippen LogP contribution in [0.2, 0.25) is 0 Å². The molecule has 44 valence electrons. The Morgan fingerprint density at radius 1 is 1.75 bits per heavy atom. The van der Waals surface area contributed by atoms with E-state index in [1.165, 1.54) is 6.21 Å². The summed E-state index contributed by atoms with van der Waals surface area (Å²) in [6.07, 6.45) is 4.72. The monoisotopic (exact) mass is 222 g/mol. The highest BCUT2D eigenvalue weighted by molar-refractivity contribution is 14.1. The van der Waals surface area contributed by atoms with Crippen LogP contribution < -0.4 is 0 Å². The molecule has 3 heteroatoms. The fraction of sp³-hybridized carbons (Fsp3) is 0.200. The molecule has 0 amide bonds. The SMILES string of the molecule is C/C(C=N)=C/C=N\I. The second-order valence-electron chi connectivity index (χ2n) is 1.30. The van der Waals surface area contributed by atoms with Crippen molar-refractivity contribution in [3.05, 3.63) is 11.6 Å². The molecule has 0 radical (unpaired) electrons. The van der Waals surface area contributed by atoms with Crippen molar-refractivity contribution in [2.24, 2.45) is 3.21 Å². The molecule has 0 aromatic carbocycles. The summed E-state index contributed by atoms with van der Waals surface area (Å²) in [7, 11) is 0. The minimum absolute atomic E-state index is 0.908. The molecule has 0 unspecified atom stereocenters. The smallest absolute Gasteiger partial charge is 0.0830 e. The first-order valence-electron chi connectivity index (χ1n) is 2.13. The Labute approximate surface area is 62.7 Å². The standard InChI is InChI=1S/C5H7IN2/c1-5(4-7)2-3-8-6/h2-4,7H,1H3/b5-2-,7-4?,8-3-. The van der Waals surface area contributed by atoms with Gasteiger partial charge in [0.15, 0.2) is 0 Å². The number of halogens is 1. The number of allylic oxidation sites excluding steroid dienone is 2. The number of hydrogen-bond acceptors (Lipinski definition) is 2. The topological polar surface area (TPSA) is 36.2 Å². The molecule has 0 heterocycles. The van der Waals surface area contributed by atoms with Crippen molar-refractivity contribution in [3.8, 4) is 0 Å². The zero-order chi connectivity index (χ0) is 6.41. The molecule has 0 saturated carbocycles. The van der Waals surface area contributed by atoms with Gasteiger partial charge in [0.1, 0.15) is 0 Å². The predicted molar refractivity (Wildman–Crippen MR) is 45.1 cm³/mol. The van der Waals surface area contributed by atoms with Crippen LogP contribution in [0.4, 0.5) is 0 Å². The number of rotatable bonds is 2. The molecule has 8 heavy (non-hydrogen) atoms. The number of nitrogens with zero attached hydrogens (tertiary/aromatic N) is 1. The minimum Gasteiger partial charge on any atom is -0.308 e. The number of hydrogen-bond donors (Lipinski definition) is 1. The average molecular weight is 222 g/mol. The second-order valence-corrected chi connectivity index (χ2v) is 1.86. The van der Waals surface area contributed by atoms with E-state index in [1.807, 2.05) is 29.8 Å². The van der Waals surface area contributed by atoms with Gasteiger partial charge < -0.3 is 5.41 Å². The molecule has 0 rings (SSSR count). The lowest BCUT2D eigenvalue weighted by molar-refractivity contribution is 1.51. The van der Waals surface area contributed by atoms with E-state index in [-0.39, 0.29) is 0 Å². The van der Waals surface area contributed by atoms with Crippen LogP contribution in [0.3, 0.4) is 0 Å². The summed E-state index contributed by atoms with van der Waals surface area (Å²) < 4.78 is 3.69.